The first-order chi connectivity index (χ1) is 7.11. The quantitative estimate of drug-likeness (QED) is 0.453. The van der Waals surface area contributed by atoms with Gasteiger partial charge in [-0.15, -0.1) is 0 Å². The van der Waals surface area contributed by atoms with Gasteiger partial charge < -0.3 is 0 Å². The maximum Gasteiger partial charge on any atom is 0.284 e. The monoisotopic (exact) mass is 228 g/mol. The first-order valence-electron chi connectivity index (χ1n) is 4.70. The van der Waals surface area contributed by atoms with Crippen LogP contribution in [-0.4, -0.2) is 23.3 Å². The molecule has 0 saturated carbocycles. The minimum Gasteiger partial charge on any atom is -0.258 e. The predicted molar refractivity (Wildman–Crippen MR) is 64.0 cm³/mol. The number of hydrogen-bond acceptors (Lipinski definition) is 4. The first-order valence-corrected chi connectivity index (χ1v) is 5.47. The SMILES string of the molecule is CC.CN(C)Sc1ccccc1[N+](=O)[O-]. The summed E-state index contributed by atoms with van der Waals surface area (Å²) in [4.78, 5) is 10.9. The summed E-state index contributed by atoms with van der Waals surface area (Å²) in [7, 11) is 3.70. The summed E-state index contributed by atoms with van der Waals surface area (Å²) in [5.41, 5.74) is 0.154. The molecule has 0 N–H and O–H groups in total. The van der Waals surface area contributed by atoms with Crippen molar-refractivity contribution in [2.45, 2.75) is 18.7 Å². The Morgan fingerprint density at radius 1 is 1.27 bits per heavy atom. The van der Waals surface area contributed by atoms with E-state index in [1.165, 1.54) is 18.0 Å². The van der Waals surface area contributed by atoms with Crippen molar-refractivity contribution in [2.75, 3.05) is 14.1 Å². The van der Waals surface area contributed by atoms with Gasteiger partial charge in [0.25, 0.3) is 5.69 Å². The molecule has 0 atom stereocenters. The van der Waals surface area contributed by atoms with Gasteiger partial charge in [-0.2, -0.15) is 0 Å². The Morgan fingerprint density at radius 3 is 2.27 bits per heavy atom. The molecule has 1 rings (SSSR count). The van der Waals surface area contributed by atoms with E-state index in [9.17, 15) is 10.1 Å². The van der Waals surface area contributed by atoms with Gasteiger partial charge in [0.15, 0.2) is 0 Å². The Kier molecular flexibility index (Phi) is 6.73. The Balaban J connectivity index is 0.000000921. The molecule has 84 valence electrons. The summed E-state index contributed by atoms with van der Waals surface area (Å²) < 4.78 is 1.82. The van der Waals surface area contributed by atoms with Crippen molar-refractivity contribution in [2.24, 2.45) is 0 Å². The molecule has 5 heteroatoms. The third kappa shape index (κ3) is 4.80. The molecular weight excluding hydrogens is 212 g/mol. The van der Waals surface area contributed by atoms with Crippen molar-refractivity contribution in [1.82, 2.24) is 4.31 Å². The van der Waals surface area contributed by atoms with Gasteiger partial charge in [0.2, 0.25) is 0 Å². The topological polar surface area (TPSA) is 46.4 Å². The lowest BCUT2D eigenvalue weighted by atomic mass is 10.3. The van der Waals surface area contributed by atoms with E-state index in [0.717, 1.165) is 0 Å². The van der Waals surface area contributed by atoms with Gasteiger partial charge in [-0.1, -0.05) is 26.0 Å². The van der Waals surface area contributed by atoms with Crippen LogP contribution in [0.3, 0.4) is 0 Å². The zero-order valence-electron chi connectivity index (χ0n) is 9.43. The molecule has 0 aliphatic heterocycles. The summed E-state index contributed by atoms with van der Waals surface area (Å²) >= 11 is 1.35. The normalized spacial score (nSPS) is 9.40. The fourth-order valence-corrected chi connectivity index (χ4v) is 1.65. The van der Waals surface area contributed by atoms with E-state index in [1.54, 1.807) is 18.2 Å². The molecule has 0 radical (unpaired) electrons. The van der Waals surface area contributed by atoms with Crippen molar-refractivity contribution in [3.05, 3.63) is 34.4 Å². The lowest BCUT2D eigenvalue weighted by Crippen LogP contribution is -2.00. The molecule has 1 aromatic rings. The molecular formula is C10H16N2O2S. The second kappa shape index (κ2) is 7.25. The maximum absolute atomic E-state index is 10.6. The molecule has 0 aromatic heterocycles. The van der Waals surface area contributed by atoms with Gasteiger partial charge in [0, 0.05) is 6.07 Å². The molecule has 0 fully saturated rings. The highest BCUT2D eigenvalue weighted by molar-refractivity contribution is 7.97. The molecule has 4 nitrogen and oxygen atoms in total. The van der Waals surface area contributed by atoms with E-state index >= 15 is 0 Å². The number of para-hydroxylation sites is 1. The number of nitro benzene ring substituents is 1. The van der Waals surface area contributed by atoms with E-state index in [-0.39, 0.29) is 10.6 Å². The van der Waals surface area contributed by atoms with Crippen molar-refractivity contribution < 1.29 is 4.92 Å². The fourth-order valence-electron chi connectivity index (χ4n) is 0.882. The van der Waals surface area contributed by atoms with Crippen LogP contribution in [0.4, 0.5) is 5.69 Å². The molecule has 0 saturated heterocycles. The highest BCUT2D eigenvalue weighted by Crippen LogP contribution is 2.29. The van der Waals surface area contributed by atoms with Gasteiger partial charge in [-0.3, -0.25) is 14.4 Å². The molecule has 0 unspecified atom stereocenters. The fraction of sp³-hybridized carbons (Fsp3) is 0.400. The molecule has 15 heavy (non-hydrogen) atoms. The molecule has 1 aromatic carbocycles. The third-order valence-corrected chi connectivity index (χ3v) is 2.25. The zero-order valence-corrected chi connectivity index (χ0v) is 10.2. The lowest BCUT2D eigenvalue weighted by molar-refractivity contribution is -0.387. The number of nitrogens with zero attached hydrogens (tertiary/aromatic N) is 2. The number of benzene rings is 1. The van der Waals surface area contributed by atoms with Crippen LogP contribution in [0.25, 0.3) is 0 Å². The van der Waals surface area contributed by atoms with Crippen LogP contribution in [0.5, 0.6) is 0 Å². The standard InChI is InChI=1S/C8H10N2O2S.C2H6/c1-9(2)13-8-6-4-3-5-7(8)10(11)12;1-2/h3-6H,1-2H3;1-2H3. The van der Waals surface area contributed by atoms with E-state index in [4.69, 9.17) is 0 Å². The Labute approximate surface area is 94.6 Å². The van der Waals surface area contributed by atoms with E-state index in [1.807, 2.05) is 32.2 Å². The highest BCUT2D eigenvalue weighted by atomic mass is 32.2. The van der Waals surface area contributed by atoms with Crippen molar-refractivity contribution in [3.8, 4) is 0 Å². The lowest BCUT2D eigenvalue weighted by Gasteiger charge is -2.07. The Bertz CT molecular complexity index is 316. The predicted octanol–water partition coefficient (Wildman–Crippen LogP) is 3.19. The summed E-state index contributed by atoms with van der Waals surface area (Å²) in [6.45, 7) is 4.00. The Hall–Kier alpha value is -1.07. The van der Waals surface area contributed by atoms with Crippen LogP contribution in [0.1, 0.15) is 13.8 Å². The molecule has 0 bridgehead atoms. The molecule has 0 amide bonds. The average Bonchev–Trinajstić information content (AvgIpc) is 2.20. The van der Waals surface area contributed by atoms with E-state index in [2.05, 4.69) is 0 Å². The summed E-state index contributed by atoms with van der Waals surface area (Å²) in [6, 6.07) is 6.70. The van der Waals surface area contributed by atoms with Gasteiger partial charge in [0.1, 0.15) is 4.90 Å². The van der Waals surface area contributed by atoms with Gasteiger partial charge >= 0.3 is 0 Å². The average molecular weight is 228 g/mol. The maximum atomic E-state index is 10.6. The van der Waals surface area contributed by atoms with Crippen LogP contribution in [0.15, 0.2) is 29.2 Å². The van der Waals surface area contributed by atoms with Gasteiger partial charge in [-0.25, -0.2) is 0 Å². The molecule has 0 spiro atoms. The smallest absolute Gasteiger partial charge is 0.258 e. The third-order valence-electron chi connectivity index (χ3n) is 1.34. The van der Waals surface area contributed by atoms with E-state index < -0.39 is 0 Å². The number of hydrogen-bond donors (Lipinski definition) is 0. The number of nitro groups is 1. The van der Waals surface area contributed by atoms with Crippen LogP contribution in [0.2, 0.25) is 0 Å². The minimum absolute atomic E-state index is 0.154. The summed E-state index contributed by atoms with van der Waals surface area (Å²) in [5, 5.41) is 10.6. The second-order valence-corrected chi connectivity index (χ2v) is 3.98. The molecule has 0 heterocycles. The molecule has 0 aliphatic rings. The highest BCUT2D eigenvalue weighted by Gasteiger charge is 2.12. The van der Waals surface area contributed by atoms with Crippen LogP contribution in [0, 0.1) is 10.1 Å². The van der Waals surface area contributed by atoms with Crippen molar-refractivity contribution in [1.29, 1.82) is 0 Å². The van der Waals surface area contributed by atoms with Crippen LogP contribution >= 0.6 is 11.9 Å². The second-order valence-electron chi connectivity index (χ2n) is 2.63. The minimum atomic E-state index is -0.369. The van der Waals surface area contributed by atoms with Gasteiger partial charge in [0.05, 0.1) is 4.92 Å². The van der Waals surface area contributed by atoms with Crippen LogP contribution in [-0.2, 0) is 0 Å². The van der Waals surface area contributed by atoms with Crippen LogP contribution < -0.4 is 0 Å². The summed E-state index contributed by atoms with van der Waals surface area (Å²) in [5.74, 6) is 0. The zero-order chi connectivity index (χ0) is 11.8. The van der Waals surface area contributed by atoms with Gasteiger partial charge in [-0.05, 0) is 32.1 Å². The Morgan fingerprint density at radius 2 is 1.80 bits per heavy atom. The summed E-state index contributed by atoms with van der Waals surface area (Å²) in [6.07, 6.45) is 0. The largest absolute Gasteiger partial charge is 0.284 e. The molecule has 0 aliphatic carbocycles. The van der Waals surface area contributed by atoms with Crippen molar-refractivity contribution >= 4 is 17.6 Å². The van der Waals surface area contributed by atoms with Crippen molar-refractivity contribution in [3.63, 3.8) is 0 Å². The first kappa shape index (κ1) is 13.9. The van der Waals surface area contributed by atoms with E-state index in [0.29, 0.717) is 4.90 Å². The number of rotatable bonds is 3.